The van der Waals surface area contributed by atoms with Crippen LogP contribution in [0.5, 0.6) is 5.75 Å². The lowest BCUT2D eigenvalue weighted by Crippen LogP contribution is -2.40. The van der Waals surface area contributed by atoms with Crippen LogP contribution in [0.2, 0.25) is 0 Å². The number of anilines is 1. The Kier molecular flexibility index (Phi) is 3.78. The minimum Gasteiger partial charge on any atom is -0.484 e. The molecule has 1 heterocycles. The number of rotatable bonds is 4. The van der Waals surface area contributed by atoms with E-state index in [1.807, 2.05) is 32.0 Å². The summed E-state index contributed by atoms with van der Waals surface area (Å²) in [6, 6.07) is 5.80. The van der Waals surface area contributed by atoms with Crippen molar-refractivity contribution in [1.82, 2.24) is 0 Å². The van der Waals surface area contributed by atoms with E-state index in [0.717, 1.165) is 30.0 Å². The summed E-state index contributed by atoms with van der Waals surface area (Å²) in [5.74, 6) is 0.848. The predicted octanol–water partition coefficient (Wildman–Crippen LogP) is 2.04. The minimum absolute atomic E-state index is 0.188. The Morgan fingerprint density at radius 2 is 2.28 bits per heavy atom. The molecule has 1 atom stereocenters. The van der Waals surface area contributed by atoms with Gasteiger partial charge in [-0.05, 0) is 50.9 Å². The van der Waals surface area contributed by atoms with E-state index in [2.05, 4.69) is 5.32 Å². The molecule has 1 aliphatic rings. The van der Waals surface area contributed by atoms with Crippen LogP contribution in [0.3, 0.4) is 0 Å². The summed E-state index contributed by atoms with van der Waals surface area (Å²) in [4.78, 5) is 0. The van der Waals surface area contributed by atoms with E-state index in [-0.39, 0.29) is 5.60 Å². The standard InChI is InChI=1S/C14H22N2O2/c1-14(2)9-16-11-8-10(5-6-13(11)18-14)12(17)4-3-7-15/h5-6,8,12,16-17H,3-4,7,9,15H2,1-2H3. The summed E-state index contributed by atoms with van der Waals surface area (Å²) in [5.41, 5.74) is 7.14. The third-order valence-electron chi connectivity index (χ3n) is 3.16. The van der Waals surface area contributed by atoms with E-state index in [1.165, 1.54) is 0 Å². The number of benzene rings is 1. The second-order valence-electron chi connectivity index (χ2n) is 5.42. The maximum Gasteiger partial charge on any atom is 0.143 e. The molecule has 4 heteroatoms. The van der Waals surface area contributed by atoms with Gasteiger partial charge in [0.05, 0.1) is 18.3 Å². The third kappa shape index (κ3) is 2.94. The number of fused-ring (bicyclic) bond motifs is 1. The van der Waals surface area contributed by atoms with Crippen LogP contribution in [0.25, 0.3) is 0 Å². The van der Waals surface area contributed by atoms with E-state index in [4.69, 9.17) is 10.5 Å². The Morgan fingerprint density at radius 1 is 1.50 bits per heavy atom. The van der Waals surface area contributed by atoms with Crippen molar-refractivity contribution >= 4 is 5.69 Å². The molecule has 0 aliphatic carbocycles. The van der Waals surface area contributed by atoms with Crippen molar-refractivity contribution in [2.45, 2.75) is 38.4 Å². The van der Waals surface area contributed by atoms with Gasteiger partial charge in [-0.1, -0.05) is 6.07 Å². The van der Waals surface area contributed by atoms with Gasteiger partial charge in [-0.3, -0.25) is 0 Å². The summed E-state index contributed by atoms with van der Waals surface area (Å²) in [7, 11) is 0. The predicted molar refractivity (Wildman–Crippen MR) is 72.9 cm³/mol. The number of aliphatic hydroxyl groups excluding tert-OH is 1. The van der Waals surface area contributed by atoms with Crippen LogP contribution in [0.15, 0.2) is 18.2 Å². The lowest BCUT2D eigenvalue weighted by molar-refractivity contribution is 0.116. The second-order valence-corrected chi connectivity index (χ2v) is 5.42. The maximum absolute atomic E-state index is 10.0. The van der Waals surface area contributed by atoms with E-state index >= 15 is 0 Å². The Hall–Kier alpha value is -1.26. The lowest BCUT2D eigenvalue weighted by atomic mass is 10.0. The molecule has 4 N–H and O–H groups in total. The molecule has 0 bridgehead atoms. The molecule has 0 amide bonds. The van der Waals surface area contributed by atoms with Crippen LogP contribution in [0.1, 0.15) is 38.4 Å². The van der Waals surface area contributed by atoms with Gasteiger partial charge in [0.15, 0.2) is 0 Å². The fourth-order valence-electron chi connectivity index (χ4n) is 2.10. The normalized spacial score (nSPS) is 18.4. The molecular formula is C14H22N2O2. The van der Waals surface area contributed by atoms with Gasteiger partial charge in [0.1, 0.15) is 11.4 Å². The third-order valence-corrected chi connectivity index (χ3v) is 3.16. The number of hydrogen-bond acceptors (Lipinski definition) is 4. The highest BCUT2D eigenvalue weighted by atomic mass is 16.5. The quantitative estimate of drug-likeness (QED) is 0.765. The number of nitrogens with one attached hydrogen (secondary N) is 1. The van der Waals surface area contributed by atoms with E-state index < -0.39 is 6.10 Å². The molecular weight excluding hydrogens is 228 g/mol. The molecule has 4 nitrogen and oxygen atoms in total. The highest BCUT2D eigenvalue weighted by molar-refractivity contribution is 5.60. The molecule has 1 aromatic carbocycles. The van der Waals surface area contributed by atoms with Crippen molar-refractivity contribution in [1.29, 1.82) is 0 Å². The largest absolute Gasteiger partial charge is 0.484 e. The molecule has 0 fully saturated rings. The van der Waals surface area contributed by atoms with Crippen molar-refractivity contribution in [3.05, 3.63) is 23.8 Å². The van der Waals surface area contributed by atoms with Crippen molar-refractivity contribution in [2.75, 3.05) is 18.4 Å². The van der Waals surface area contributed by atoms with Crippen LogP contribution in [-0.4, -0.2) is 23.8 Å². The molecule has 18 heavy (non-hydrogen) atoms. The first-order chi connectivity index (χ1) is 8.52. The van der Waals surface area contributed by atoms with Crippen LogP contribution in [0, 0.1) is 0 Å². The Labute approximate surface area is 108 Å². The van der Waals surface area contributed by atoms with Crippen molar-refractivity contribution in [3.8, 4) is 5.75 Å². The van der Waals surface area contributed by atoms with Crippen LogP contribution in [-0.2, 0) is 0 Å². The Balaban J connectivity index is 2.13. The fraction of sp³-hybridized carbons (Fsp3) is 0.571. The Bertz CT molecular complexity index is 418. The van der Waals surface area contributed by atoms with Gasteiger partial charge in [0.25, 0.3) is 0 Å². The monoisotopic (exact) mass is 250 g/mol. The van der Waals surface area contributed by atoms with Crippen LogP contribution < -0.4 is 15.8 Å². The molecule has 0 aromatic heterocycles. The fourth-order valence-corrected chi connectivity index (χ4v) is 2.10. The van der Waals surface area contributed by atoms with Crippen molar-refractivity contribution < 1.29 is 9.84 Å². The van der Waals surface area contributed by atoms with Gasteiger partial charge < -0.3 is 20.9 Å². The summed E-state index contributed by atoms with van der Waals surface area (Å²) in [6.45, 7) is 5.47. The van der Waals surface area contributed by atoms with Gasteiger partial charge in [-0.25, -0.2) is 0 Å². The molecule has 0 spiro atoms. The Morgan fingerprint density at radius 3 is 3.00 bits per heavy atom. The highest BCUT2D eigenvalue weighted by Gasteiger charge is 2.26. The zero-order valence-corrected chi connectivity index (χ0v) is 11.1. The number of aliphatic hydroxyl groups is 1. The molecule has 1 aromatic rings. The molecule has 1 unspecified atom stereocenters. The first kappa shape index (κ1) is 13.2. The number of nitrogens with two attached hydrogens (primary N) is 1. The molecule has 0 saturated carbocycles. The van der Waals surface area contributed by atoms with Gasteiger partial charge in [-0.15, -0.1) is 0 Å². The number of hydrogen-bond donors (Lipinski definition) is 3. The summed E-state index contributed by atoms with van der Waals surface area (Å²) < 4.78 is 5.87. The van der Waals surface area contributed by atoms with Gasteiger partial charge >= 0.3 is 0 Å². The first-order valence-corrected chi connectivity index (χ1v) is 6.47. The zero-order valence-electron chi connectivity index (χ0n) is 11.1. The second kappa shape index (κ2) is 5.16. The minimum atomic E-state index is -0.449. The van der Waals surface area contributed by atoms with Crippen molar-refractivity contribution in [3.63, 3.8) is 0 Å². The molecule has 1 aliphatic heterocycles. The zero-order chi connectivity index (χ0) is 13.2. The first-order valence-electron chi connectivity index (χ1n) is 6.47. The maximum atomic E-state index is 10.0. The molecule has 100 valence electrons. The number of ether oxygens (including phenoxy) is 1. The van der Waals surface area contributed by atoms with Crippen LogP contribution >= 0.6 is 0 Å². The van der Waals surface area contributed by atoms with E-state index in [9.17, 15) is 5.11 Å². The average molecular weight is 250 g/mol. The SMILES string of the molecule is CC1(C)CNc2cc(C(O)CCCN)ccc2O1. The summed E-state index contributed by atoms with van der Waals surface area (Å²) in [5, 5.41) is 13.4. The van der Waals surface area contributed by atoms with Gasteiger partial charge in [-0.2, -0.15) is 0 Å². The lowest BCUT2D eigenvalue weighted by Gasteiger charge is -2.33. The average Bonchev–Trinajstić information content (AvgIpc) is 2.34. The topological polar surface area (TPSA) is 67.5 Å². The smallest absolute Gasteiger partial charge is 0.143 e. The highest BCUT2D eigenvalue weighted by Crippen LogP contribution is 2.35. The van der Waals surface area contributed by atoms with Gasteiger partial charge in [0.2, 0.25) is 0 Å². The van der Waals surface area contributed by atoms with Crippen molar-refractivity contribution in [2.24, 2.45) is 5.73 Å². The summed E-state index contributed by atoms with van der Waals surface area (Å²) in [6.07, 6.45) is 1.08. The molecule has 0 radical (unpaired) electrons. The van der Waals surface area contributed by atoms with Crippen LogP contribution in [0.4, 0.5) is 5.69 Å². The van der Waals surface area contributed by atoms with E-state index in [0.29, 0.717) is 13.0 Å². The molecule has 0 saturated heterocycles. The molecule has 2 rings (SSSR count). The van der Waals surface area contributed by atoms with Gasteiger partial charge in [0, 0.05) is 0 Å². The summed E-state index contributed by atoms with van der Waals surface area (Å²) >= 11 is 0. The van der Waals surface area contributed by atoms with E-state index in [1.54, 1.807) is 0 Å².